The lowest BCUT2D eigenvalue weighted by Crippen LogP contribution is -2.48. The molecule has 1 aliphatic heterocycles. The van der Waals surface area contributed by atoms with Crippen LogP contribution in [0.25, 0.3) is 11.5 Å². The first-order chi connectivity index (χ1) is 15.7. The van der Waals surface area contributed by atoms with Gasteiger partial charge in [-0.3, -0.25) is 9.89 Å². The highest BCUT2D eigenvalue weighted by Crippen LogP contribution is 2.19. The van der Waals surface area contributed by atoms with E-state index in [2.05, 4.69) is 74.9 Å². The number of hydrogen-bond donors (Lipinski definition) is 2. The van der Waals surface area contributed by atoms with Gasteiger partial charge in [0, 0.05) is 51.3 Å². The average Bonchev–Trinajstić information content (AvgIpc) is 3.29. The summed E-state index contributed by atoms with van der Waals surface area (Å²) in [5, 5.41) is 7.00. The Kier molecular flexibility index (Phi) is 9.75. The summed E-state index contributed by atoms with van der Waals surface area (Å²) < 4.78 is 5.66. The van der Waals surface area contributed by atoms with Crippen molar-refractivity contribution in [3.63, 3.8) is 0 Å². The topological polar surface area (TPSA) is 65.7 Å². The molecule has 1 aliphatic rings. The van der Waals surface area contributed by atoms with Gasteiger partial charge < -0.3 is 15.1 Å². The molecule has 33 heavy (non-hydrogen) atoms. The van der Waals surface area contributed by atoms with Gasteiger partial charge in [-0.1, -0.05) is 48.0 Å². The van der Waals surface area contributed by atoms with Gasteiger partial charge in [-0.2, -0.15) is 0 Å². The number of rotatable bonds is 7. The zero-order valence-corrected chi connectivity index (χ0v) is 21.8. The molecular weight excluding hydrogens is 525 g/mol. The quantitative estimate of drug-likeness (QED) is 0.251. The summed E-state index contributed by atoms with van der Waals surface area (Å²) in [6, 6.07) is 19.4. The molecule has 7 heteroatoms. The average molecular weight is 559 g/mol. The summed E-state index contributed by atoms with van der Waals surface area (Å²) in [4.78, 5) is 11.5. The monoisotopic (exact) mass is 559 g/mol. The van der Waals surface area contributed by atoms with Gasteiger partial charge in [-0.25, -0.2) is 4.98 Å². The number of oxazole rings is 1. The molecule has 1 aromatic heterocycles. The number of nitrogens with one attached hydrogen (secondary N) is 2. The first-order valence-electron chi connectivity index (χ1n) is 11.4. The molecule has 4 rings (SSSR count). The smallest absolute Gasteiger partial charge is 0.226 e. The maximum atomic E-state index is 5.66. The van der Waals surface area contributed by atoms with E-state index in [1.54, 1.807) is 6.26 Å². The van der Waals surface area contributed by atoms with Crippen molar-refractivity contribution in [3.8, 4) is 11.5 Å². The lowest BCUT2D eigenvalue weighted by atomic mass is 10.0. The van der Waals surface area contributed by atoms with Crippen LogP contribution in [-0.4, -0.2) is 48.6 Å². The van der Waals surface area contributed by atoms with E-state index in [1.165, 1.54) is 11.1 Å². The number of aromatic nitrogens is 1. The summed E-state index contributed by atoms with van der Waals surface area (Å²) in [7, 11) is 1.82. The van der Waals surface area contributed by atoms with E-state index in [0.29, 0.717) is 11.9 Å². The van der Waals surface area contributed by atoms with Crippen molar-refractivity contribution in [1.82, 2.24) is 20.5 Å². The molecule has 2 aromatic carbocycles. The van der Waals surface area contributed by atoms with Crippen LogP contribution in [0.2, 0.25) is 0 Å². The van der Waals surface area contributed by atoms with E-state index >= 15 is 0 Å². The predicted octanol–water partition coefficient (Wildman–Crippen LogP) is 4.64. The molecule has 2 N–H and O–H groups in total. The number of aliphatic imine (C=N–C) groups is 1. The summed E-state index contributed by atoms with van der Waals surface area (Å²) in [5.41, 5.74) is 4.56. The summed E-state index contributed by atoms with van der Waals surface area (Å²) >= 11 is 0. The van der Waals surface area contributed by atoms with Crippen molar-refractivity contribution in [2.45, 2.75) is 38.8 Å². The van der Waals surface area contributed by atoms with Crippen LogP contribution in [0.3, 0.4) is 0 Å². The van der Waals surface area contributed by atoms with E-state index in [9.17, 15) is 0 Å². The SMILES string of the molecule is CN=C(NCCc1coc(-c2ccc(C)cc2)n1)NC1CCN(Cc2ccccc2)CC1.I. The molecule has 6 nitrogen and oxygen atoms in total. The Labute approximate surface area is 213 Å². The lowest BCUT2D eigenvalue weighted by Gasteiger charge is -2.33. The van der Waals surface area contributed by atoms with Gasteiger partial charge >= 0.3 is 0 Å². The van der Waals surface area contributed by atoms with Crippen LogP contribution < -0.4 is 10.6 Å². The molecular formula is C26H34IN5O. The van der Waals surface area contributed by atoms with Crippen LogP contribution in [0.4, 0.5) is 0 Å². The third kappa shape index (κ3) is 7.57. The molecule has 0 spiro atoms. The van der Waals surface area contributed by atoms with Crippen molar-refractivity contribution in [3.05, 3.63) is 77.7 Å². The van der Waals surface area contributed by atoms with Crippen LogP contribution in [0.1, 0.15) is 29.7 Å². The van der Waals surface area contributed by atoms with Crippen LogP contribution in [0.15, 0.2) is 70.3 Å². The number of piperidine rings is 1. The third-order valence-electron chi connectivity index (χ3n) is 5.92. The number of benzene rings is 2. The summed E-state index contributed by atoms with van der Waals surface area (Å²) in [5.74, 6) is 1.53. The molecule has 0 bridgehead atoms. The van der Waals surface area contributed by atoms with Crippen LogP contribution in [0.5, 0.6) is 0 Å². The van der Waals surface area contributed by atoms with Gasteiger partial charge in [-0.05, 0) is 37.5 Å². The van der Waals surface area contributed by atoms with Gasteiger partial charge in [0.1, 0.15) is 6.26 Å². The molecule has 1 saturated heterocycles. The van der Waals surface area contributed by atoms with Gasteiger partial charge in [0.25, 0.3) is 0 Å². The van der Waals surface area contributed by atoms with Gasteiger partial charge in [0.2, 0.25) is 5.89 Å². The highest BCUT2D eigenvalue weighted by atomic mass is 127. The van der Waals surface area contributed by atoms with E-state index < -0.39 is 0 Å². The van der Waals surface area contributed by atoms with Crippen LogP contribution >= 0.6 is 24.0 Å². The predicted molar refractivity (Wildman–Crippen MR) is 145 cm³/mol. The number of hydrogen-bond acceptors (Lipinski definition) is 4. The number of halogens is 1. The molecule has 0 atom stereocenters. The van der Waals surface area contributed by atoms with Crippen molar-refractivity contribution in [2.75, 3.05) is 26.7 Å². The molecule has 2 heterocycles. The zero-order valence-electron chi connectivity index (χ0n) is 19.5. The fourth-order valence-corrected chi connectivity index (χ4v) is 4.02. The normalized spacial score (nSPS) is 15.2. The largest absolute Gasteiger partial charge is 0.444 e. The lowest BCUT2D eigenvalue weighted by molar-refractivity contribution is 0.198. The summed E-state index contributed by atoms with van der Waals surface area (Å²) in [6.07, 6.45) is 4.77. The van der Waals surface area contributed by atoms with Gasteiger partial charge in [0.15, 0.2) is 5.96 Å². The van der Waals surface area contributed by atoms with Gasteiger partial charge in [-0.15, -0.1) is 24.0 Å². The Bertz CT molecular complexity index is 995. The minimum Gasteiger partial charge on any atom is -0.444 e. The number of guanidine groups is 1. The number of nitrogens with zero attached hydrogens (tertiary/aromatic N) is 3. The maximum Gasteiger partial charge on any atom is 0.226 e. The summed E-state index contributed by atoms with van der Waals surface area (Å²) in [6.45, 7) is 6.06. The first kappa shape index (κ1) is 25.2. The fraction of sp³-hybridized carbons (Fsp3) is 0.385. The number of aryl methyl sites for hydroxylation is 1. The second-order valence-corrected chi connectivity index (χ2v) is 8.44. The Morgan fingerprint density at radius 1 is 1.09 bits per heavy atom. The number of likely N-dealkylation sites (tertiary alicyclic amines) is 1. The van der Waals surface area contributed by atoms with Crippen molar-refractivity contribution >= 4 is 29.9 Å². The minimum atomic E-state index is 0. The molecule has 3 aromatic rings. The second kappa shape index (κ2) is 12.7. The molecule has 0 amide bonds. The Morgan fingerprint density at radius 2 is 1.82 bits per heavy atom. The zero-order chi connectivity index (χ0) is 22.2. The highest BCUT2D eigenvalue weighted by Gasteiger charge is 2.20. The van der Waals surface area contributed by atoms with E-state index in [1.807, 2.05) is 19.2 Å². The van der Waals surface area contributed by atoms with Crippen molar-refractivity contribution in [1.29, 1.82) is 0 Å². The van der Waals surface area contributed by atoms with Crippen LogP contribution in [0, 0.1) is 6.92 Å². The Morgan fingerprint density at radius 3 is 2.52 bits per heavy atom. The minimum absolute atomic E-state index is 0. The van der Waals surface area contributed by atoms with Crippen LogP contribution in [-0.2, 0) is 13.0 Å². The van der Waals surface area contributed by atoms with E-state index in [0.717, 1.165) is 62.7 Å². The van der Waals surface area contributed by atoms with Crippen molar-refractivity contribution < 1.29 is 4.42 Å². The van der Waals surface area contributed by atoms with Gasteiger partial charge in [0.05, 0.1) is 5.69 Å². The Balaban J connectivity index is 0.00000306. The second-order valence-electron chi connectivity index (χ2n) is 8.44. The molecule has 0 saturated carbocycles. The molecule has 0 unspecified atom stereocenters. The third-order valence-corrected chi connectivity index (χ3v) is 5.92. The maximum absolute atomic E-state index is 5.66. The molecule has 0 radical (unpaired) electrons. The molecule has 176 valence electrons. The first-order valence-corrected chi connectivity index (χ1v) is 11.4. The molecule has 0 aliphatic carbocycles. The Hall–Kier alpha value is -2.39. The highest BCUT2D eigenvalue weighted by molar-refractivity contribution is 14.0. The van der Waals surface area contributed by atoms with Crippen molar-refractivity contribution in [2.24, 2.45) is 4.99 Å². The van der Waals surface area contributed by atoms with E-state index in [4.69, 9.17) is 4.42 Å². The standard InChI is InChI=1S/C26H33N5O.HI/c1-20-8-10-22(11-9-20)25-29-24(19-32-25)12-15-28-26(27-2)30-23-13-16-31(17-14-23)18-21-6-4-3-5-7-21;/h3-11,19,23H,12-18H2,1-2H3,(H2,27,28,30);1H. The fourth-order valence-electron chi connectivity index (χ4n) is 4.02. The van der Waals surface area contributed by atoms with E-state index in [-0.39, 0.29) is 24.0 Å². The molecule has 1 fully saturated rings.